The first-order chi connectivity index (χ1) is 20.2. The van der Waals surface area contributed by atoms with Crippen LogP contribution in [0.1, 0.15) is 79.1 Å². The summed E-state index contributed by atoms with van der Waals surface area (Å²) in [6, 6.07) is 0. The Labute approximate surface area is 255 Å². The smallest absolute Gasteiger partial charge is 0.186 e. The van der Waals surface area contributed by atoms with E-state index in [4.69, 9.17) is 9.47 Å². The maximum atomic E-state index is 12.2. The highest BCUT2D eigenvalue weighted by atomic mass is 16.7. The Morgan fingerprint density at radius 3 is 2.42 bits per heavy atom. The molecule has 0 aromatic rings. The third kappa shape index (κ3) is 5.78. The van der Waals surface area contributed by atoms with E-state index in [1.165, 1.54) is 5.57 Å². The van der Waals surface area contributed by atoms with Crippen LogP contribution in [0.3, 0.4) is 0 Å². The fourth-order valence-corrected chi connectivity index (χ4v) is 10.0. The molecule has 5 aliphatic rings. The number of hydrogen-bond donors (Lipinski definition) is 7. The summed E-state index contributed by atoms with van der Waals surface area (Å²) in [6.07, 6.45) is -1.07. The van der Waals surface area contributed by atoms with Gasteiger partial charge in [0.25, 0.3) is 0 Å². The van der Waals surface area contributed by atoms with Crippen LogP contribution in [0, 0.1) is 46.3 Å². The van der Waals surface area contributed by atoms with Crippen molar-refractivity contribution >= 4 is 5.78 Å². The highest BCUT2D eigenvalue weighted by Crippen LogP contribution is 2.67. The van der Waals surface area contributed by atoms with Gasteiger partial charge in [-0.3, -0.25) is 4.79 Å². The highest BCUT2D eigenvalue weighted by Gasteiger charge is 2.65. The van der Waals surface area contributed by atoms with E-state index in [9.17, 15) is 40.5 Å². The molecular formula is C33H54O10. The molecule has 1 saturated heterocycles. The Morgan fingerprint density at radius 1 is 1.00 bits per heavy atom. The standard InChI is InChI=1S/C33H54O10/c1-16(15-42-31-30(41)29(40)28(39)25(14-34)43-31)5-8-23(36)17(2)27-24(37)12-22-20-7-6-18-11-19(35)9-10-32(18,3)21(20)13-26(38)33(22,27)4/h11,16-17,20-31,34,36-41H,5-10,12-15H2,1-4H3/t16-,17-,20-,21+,22+,23+,24+,25-,26-,27+,28-,29+,30-,31-,32+,33-/m1/s1. The lowest BCUT2D eigenvalue weighted by molar-refractivity contribution is -0.303. The normalized spacial score (nSPS) is 48.5. The molecule has 3 saturated carbocycles. The molecule has 7 N–H and O–H groups in total. The minimum absolute atomic E-state index is 0.0281. The zero-order chi connectivity index (χ0) is 31.4. The maximum Gasteiger partial charge on any atom is 0.186 e. The number of rotatable bonds is 9. The van der Waals surface area contributed by atoms with Crippen molar-refractivity contribution in [2.24, 2.45) is 46.3 Å². The van der Waals surface area contributed by atoms with Gasteiger partial charge in [-0.25, -0.2) is 0 Å². The van der Waals surface area contributed by atoms with Crippen molar-refractivity contribution in [3.63, 3.8) is 0 Å². The van der Waals surface area contributed by atoms with Gasteiger partial charge in [0.2, 0.25) is 0 Å². The van der Waals surface area contributed by atoms with Gasteiger partial charge in [-0.2, -0.15) is 0 Å². The lowest BCUT2D eigenvalue weighted by Crippen LogP contribution is -2.59. The number of ketones is 1. The summed E-state index contributed by atoms with van der Waals surface area (Å²) in [5.74, 6) is 0.494. The molecule has 1 aliphatic heterocycles. The number of aliphatic hydroxyl groups excluding tert-OH is 7. The molecule has 0 bridgehead atoms. The third-order valence-corrected chi connectivity index (χ3v) is 12.7. The van der Waals surface area contributed by atoms with Crippen LogP contribution in [-0.2, 0) is 14.3 Å². The van der Waals surface area contributed by atoms with Crippen molar-refractivity contribution in [3.8, 4) is 0 Å². The second kappa shape index (κ2) is 12.7. The molecular weight excluding hydrogens is 556 g/mol. The number of fused-ring (bicyclic) bond motifs is 5. The summed E-state index contributed by atoms with van der Waals surface area (Å²) in [4.78, 5) is 12.2. The summed E-state index contributed by atoms with van der Waals surface area (Å²) in [6.45, 7) is 7.98. The molecule has 43 heavy (non-hydrogen) atoms. The van der Waals surface area contributed by atoms with E-state index >= 15 is 0 Å². The average Bonchev–Trinajstić information content (AvgIpc) is 3.25. The molecule has 0 amide bonds. The van der Waals surface area contributed by atoms with Crippen LogP contribution in [0.2, 0.25) is 0 Å². The van der Waals surface area contributed by atoms with Crippen molar-refractivity contribution in [1.29, 1.82) is 0 Å². The van der Waals surface area contributed by atoms with Gasteiger partial charge in [-0.1, -0.05) is 33.3 Å². The second-order valence-electron chi connectivity index (χ2n) is 15.1. The minimum Gasteiger partial charge on any atom is -0.394 e. The Morgan fingerprint density at radius 2 is 1.72 bits per heavy atom. The van der Waals surface area contributed by atoms with Crippen molar-refractivity contribution in [2.75, 3.05) is 13.2 Å². The molecule has 0 unspecified atom stereocenters. The largest absolute Gasteiger partial charge is 0.394 e. The molecule has 16 atom stereocenters. The van der Waals surface area contributed by atoms with Crippen LogP contribution in [0.4, 0.5) is 0 Å². The van der Waals surface area contributed by atoms with E-state index < -0.39 is 61.0 Å². The fraction of sp³-hybridized carbons (Fsp3) is 0.909. The Kier molecular flexibility index (Phi) is 9.86. The molecule has 5 rings (SSSR count). The number of allylic oxidation sites excluding steroid dienone is 1. The second-order valence-corrected chi connectivity index (χ2v) is 15.1. The summed E-state index contributed by atoms with van der Waals surface area (Å²) in [7, 11) is 0. The average molecular weight is 611 g/mol. The minimum atomic E-state index is -1.50. The Bertz CT molecular complexity index is 1030. The number of carbonyl (C=O) groups is 1. The molecule has 10 heteroatoms. The van der Waals surface area contributed by atoms with Gasteiger partial charge in [0, 0.05) is 11.8 Å². The quantitative estimate of drug-likeness (QED) is 0.201. The van der Waals surface area contributed by atoms with Crippen molar-refractivity contribution in [2.45, 2.75) is 128 Å². The number of ether oxygens (including phenoxy) is 2. The van der Waals surface area contributed by atoms with Crippen LogP contribution in [0.5, 0.6) is 0 Å². The molecule has 10 nitrogen and oxygen atoms in total. The van der Waals surface area contributed by atoms with E-state index in [2.05, 4.69) is 13.8 Å². The van der Waals surface area contributed by atoms with E-state index in [1.54, 1.807) is 0 Å². The predicted molar refractivity (Wildman–Crippen MR) is 156 cm³/mol. The predicted octanol–water partition coefficient (Wildman–Crippen LogP) is 1.31. The summed E-state index contributed by atoms with van der Waals surface area (Å²) in [5.41, 5.74) is 0.645. The SMILES string of the molecule is C[C@H](CC[C@H](O)[C@@H](C)[C@H]1[C@@H](O)C[C@H]2[C@@H]3CCC4=CC(=O)CC[C@]4(C)[C@H]3C[C@@H](O)[C@]12C)CO[C@@H]1O[C@H](CO)[C@@H](O)[C@H](O)[C@H]1O. The van der Waals surface area contributed by atoms with E-state index in [-0.39, 0.29) is 47.4 Å². The first kappa shape index (κ1) is 33.4. The Hall–Kier alpha value is -0.950. The lowest BCUT2D eigenvalue weighted by Gasteiger charge is -2.60. The number of aliphatic hydroxyl groups is 7. The van der Waals surface area contributed by atoms with E-state index in [0.29, 0.717) is 38.0 Å². The topological polar surface area (TPSA) is 177 Å². The molecule has 4 fully saturated rings. The third-order valence-electron chi connectivity index (χ3n) is 12.7. The summed E-state index contributed by atoms with van der Waals surface area (Å²) in [5, 5.41) is 74.2. The fourth-order valence-electron chi connectivity index (χ4n) is 10.0. The molecule has 0 spiro atoms. The monoisotopic (exact) mass is 610 g/mol. The molecule has 0 radical (unpaired) electrons. The zero-order valence-electron chi connectivity index (χ0n) is 26.1. The molecule has 246 valence electrons. The van der Waals surface area contributed by atoms with Crippen LogP contribution in [0.15, 0.2) is 11.6 Å². The maximum absolute atomic E-state index is 12.2. The molecule has 4 aliphatic carbocycles. The van der Waals surface area contributed by atoms with Gasteiger partial charge in [-0.15, -0.1) is 0 Å². The number of hydrogen-bond acceptors (Lipinski definition) is 10. The van der Waals surface area contributed by atoms with Crippen LogP contribution < -0.4 is 0 Å². The molecule has 1 heterocycles. The first-order valence-corrected chi connectivity index (χ1v) is 16.4. The van der Waals surface area contributed by atoms with E-state index in [0.717, 1.165) is 19.3 Å². The first-order valence-electron chi connectivity index (χ1n) is 16.4. The van der Waals surface area contributed by atoms with Gasteiger partial charge in [-0.05, 0) is 91.9 Å². The van der Waals surface area contributed by atoms with Crippen molar-refractivity contribution in [1.82, 2.24) is 0 Å². The summed E-state index contributed by atoms with van der Waals surface area (Å²) >= 11 is 0. The van der Waals surface area contributed by atoms with Gasteiger partial charge in [0.05, 0.1) is 31.5 Å². The zero-order valence-corrected chi connectivity index (χ0v) is 26.1. The van der Waals surface area contributed by atoms with Gasteiger partial charge in [0.1, 0.15) is 24.4 Å². The van der Waals surface area contributed by atoms with Gasteiger partial charge in [0.15, 0.2) is 12.1 Å². The molecule has 0 aromatic carbocycles. The van der Waals surface area contributed by atoms with Crippen molar-refractivity contribution in [3.05, 3.63) is 11.6 Å². The Balaban J connectivity index is 1.19. The van der Waals surface area contributed by atoms with Crippen LogP contribution in [-0.4, -0.2) is 104 Å². The lowest BCUT2D eigenvalue weighted by atomic mass is 9.45. The van der Waals surface area contributed by atoms with Crippen molar-refractivity contribution < 1.29 is 50.0 Å². The van der Waals surface area contributed by atoms with Crippen LogP contribution >= 0.6 is 0 Å². The van der Waals surface area contributed by atoms with E-state index in [1.807, 2.05) is 19.9 Å². The van der Waals surface area contributed by atoms with Gasteiger partial charge < -0.3 is 45.2 Å². The highest BCUT2D eigenvalue weighted by molar-refractivity contribution is 5.91. The summed E-state index contributed by atoms with van der Waals surface area (Å²) < 4.78 is 11.1. The van der Waals surface area contributed by atoms with Gasteiger partial charge >= 0.3 is 0 Å². The number of carbonyl (C=O) groups excluding carboxylic acids is 1. The van der Waals surface area contributed by atoms with Crippen LogP contribution in [0.25, 0.3) is 0 Å². The molecule has 0 aromatic heterocycles.